The highest BCUT2D eigenvalue weighted by molar-refractivity contribution is 5.90. The van der Waals surface area contributed by atoms with Gasteiger partial charge in [-0.3, -0.25) is 15.0 Å². The maximum absolute atomic E-state index is 14.7. The third-order valence-corrected chi connectivity index (χ3v) is 6.44. The zero-order valence-electron chi connectivity index (χ0n) is 19.7. The number of carbonyl (C=O) groups excluding carboxylic acids is 1. The quantitative estimate of drug-likeness (QED) is 0.526. The summed E-state index contributed by atoms with van der Waals surface area (Å²) in [5.41, 5.74) is 2.04. The first-order chi connectivity index (χ1) is 16.8. The van der Waals surface area contributed by atoms with Crippen molar-refractivity contribution < 1.29 is 23.8 Å². The van der Waals surface area contributed by atoms with Gasteiger partial charge in [-0.15, -0.1) is 0 Å². The van der Waals surface area contributed by atoms with Crippen LogP contribution in [-0.4, -0.2) is 54.2 Å². The number of hydrogen-bond donors (Lipinski definition) is 2. The average Bonchev–Trinajstić information content (AvgIpc) is 2.88. The molecule has 0 bridgehead atoms. The third kappa shape index (κ3) is 4.97. The molecule has 0 radical (unpaired) electrons. The molecule has 4 rings (SSSR count). The molecule has 182 valence electrons. The van der Waals surface area contributed by atoms with Crippen LogP contribution in [0.25, 0.3) is 11.1 Å². The van der Waals surface area contributed by atoms with Crippen molar-refractivity contribution >= 4 is 17.6 Å². The van der Waals surface area contributed by atoms with E-state index in [1.54, 1.807) is 13.1 Å². The van der Waals surface area contributed by atoms with Crippen molar-refractivity contribution in [2.24, 2.45) is 0 Å². The number of nitrogens with zero attached hydrogens (tertiary/aromatic N) is 2. The lowest BCUT2D eigenvalue weighted by atomic mass is 9.99. The van der Waals surface area contributed by atoms with Gasteiger partial charge in [0.1, 0.15) is 6.61 Å². The number of anilines is 1. The molecule has 2 N–H and O–H groups in total. The van der Waals surface area contributed by atoms with Crippen LogP contribution in [0.15, 0.2) is 72.8 Å². The summed E-state index contributed by atoms with van der Waals surface area (Å²) in [7, 11) is 1.59. The van der Waals surface area contributed by atoms with Crippen LogP contribution in [0.1, 0.15) is 12.5 Å². The van der Waals surface area contributed by atoms with Gasteiger partial charge in [0, 0.05) is 18.8 Å². The SMILES string of the molecule is CNC1(C(C)=O)CN(c2ccc(-c3ccc(OCc4ccccc4)c(F)c3)cc2)CCN1C(=O)O. The van der Waals surface area contributed by atoms with Gasteiger partial charge in [-0.1, -0.05) is 48.5 Å². The van der Waals surface area contributed by atoms with Crippen molar-refractivity contribution in [1.82, 2.24) is 10.2 Å². The number of ether oxygens (including phenoxy) is 1. The van der Waals surface area contributed by atoms with E-state index in [1.165, 1.54) is 13.0 Å². The van der Waals surface area contributed by atoms with E-state index in [-0.39, 0.29) is 31.2 Å². The van der Waals surface area contributed by atoms with Gasteiger partial charge in [-0.2, -0.15) is 0 Å². The van der Waals surface area contributed by atoms with Crippen molar-refractivity contribution in [2.75, 3.05) is 31.6 Å². The largest absolute Gasteiger partial charge is 0.486 e. The fraction of sp³-hybridized carbons (Fsp3) is 0.259. The minimum atomic E-state index is -1.32. The summed E-state index contributed by atoms with van der Waals surface area (Å²) < 4.78 is 20.3. The average molecular weight is 478 g/mol. The Morgan fingerprint density at radius 1 is 1.03 bits per heavy atom. The molecule has 0 saturated carbocycles. The van der Waals surface area contributed by atoms with Gasteiger partial charge in [0.05, 0.1) is 6.54 Å². The van der Waals surface area contributed by atoms with Gasteiger partial charge in [0.25, 0.3) is 0 Å². The number of piperazine rings is 1. The molecule has 3 aromatic carbocycles. The molecule has 1 saturated heterocycles. The summed E-state index contributed by atoms with van der Waals surface area (Å²) in [5.74, 6) is -0.514. The summed E-state index contributed by atoms with van der Waals surface area (Å²) in [6.45, 7) is 2.50. The van der Waals surface area contributed by atoms with E-state index in [0.717, 1.165) is 21.7 Å². The lowest BCUT2D eigenvalue weighted by molar-refractivity contribution is -0.130. The molecule has 0 aromatic heterocycles. The smallest absolute Gasteiger partial charge is 0.409 e. The van der Waals surface area contributed by atoms with E-state index < -0.39 is 17.6 Å². The van der Waals surface area contributed by atoms with Crippen LogP contribution in [0, 0.1) is 5.82 Å². The number of nitrogens with one attached hydrogen (secondary N) is 1. The lowest BCUT2D eigenvalue weighted by Crippen LogP contribution is -2.73. The van der Waals surface area contributed by atoms with Crippen LogP contribution in [-0.2, 0) is 11.4 Å². The Hall–Kier alpha value is -3.91. The number of halogens is 1. The van der Waals surface area contributed by atoms with Crippen molar-refractivity contribution in [1.29, 1.82) is 0 Å². The number of Topliss-reactive ketones (excluding diaryl/α,β-unsaturated/α-hetero) is 1. The number of carbonyl (C=O) groups is 2. The van der Waals surface area contributed by atoms with Gasteiger partial charge in [0.2, 0.25) is 0 Å². The molecule has 7 nitrogen and oxygen atoms in total. The molecule has 35 heavy (non-hydrogen) atoms. The van der Waals surface area contributed by atoms with Gasteiger partial charge in [-0.25, -0.2) is 9.18 Å². The molecule has 1 aliphatic rings. The number of ketones is 1. The van der Waals surface area contributed by atoms with Crippen molar-refractivity contribution in [3.05, 3.63) is 84.2 Å². The first kappa shape index (κ1) is 24.2. The maximum atomic E-state index is 14.7. The Morgan fingerprint density at radius 3 is 2.31 bits per heavy atom. The highest BCUT2D eigenvalue weighted by atomic mass is 19.1. The molecule has 8 heteroatoms. The molecule has 1 amide bonds. The van der Waals surface area contributed by atoms with Crippen LogP contribution >= 0.6 is 0 Å². The number of amides is 1. The standard InChI is InChI=1S/C27H28FN3O4/c1-19(32)27(29-2)18-30(14-15-31(27)26(33)34)23-11-8-21(9-12-23)22-10-13-25(24(28)16-22)35-17-20-6-4-3-5-7-20/h3-13,16,29H,14-15,17-18H2,1-2H3,(H,33,34). The summed E-state index contributed by atoms with van der Waals surface area (Å²) in [5, 5.41) is 12.5. The first-order valence-electron chi connectivity index (χ1n) is 11.4. The number of benzene rings is 3. The fourth-order valence-corrected chi connectivity index (χ4v) is 4.42. The van der Waals surface area contributed by atoms with Crippen LogP contribution in [0.3, 0.4) is 0 Å². The molecular weight excluding hydrogens is 449 g/mol. The zero-order valence-corrected chi connectivity index (χ0v) is 19.7. The number of likely N-dealkylation sites (N-methyl/N-ethyl adjacent to an activating group) is 1. The molecule has 3 aromatic rings. The van der Waals surface area contributed by atoms with Crippen molar-refractivity contribution in [3.63, 3.8) is 0 Å². The molecule has 0 spiro atoms. The second-order valence-electron chi connectivity index (χ2n) is 8.49. The summed E-state index contributed by atoms with van der Waals surface area (Å²) in [4.78, 5) is 27.3. The van der Waals surface area contributed by atoms with E-state index in [0.29, 0.717) is 12.1 Å². The van der Waals surface area contributed by atoms with E-state index >= 15 is 0 Å². The van der Waals surface area contributed by atoms with Gasteiger partial charge < -0.3 is 14.7 Å². The molecule has 0 aliphatic carbocycles. The minimum absolute atomic E-state index is 0.187. The summed E-state index contributed by atoms with van der Waals surface area (Å²) in [6.07, 6.45) is -1.14. The highest BCUT2D eigenvalue weighted by Gasteiger charge is 2.47. The predicted octanol–water partition coefficient (Wildman–Crippen LogP) is 4.38. The second kappa shape index (κ2) is 10.1. The number of carboxylic acid groups (broad SMARTS) is 1. The Morgan fingerprint density at radius 2 is 1.71 bits per heavy atom. The molecule has 1 fully saturated rings. The Kier molecular flexibility index (Phi) is 7.02. The van der Waals surface area contributed by atoms with Crippen LogP contribution in [0.2, 0.25) is 0 Å². The van der Waals surface area contributed by atoms with Crippen molar-refractivity contribution in [2.45, 2.75) is 19.2 Å². The molecule has 1 heterocycles. The monoisotopic (exact) mass is 477 g/mol. The van der Waals surface area contributed by atoms with E-state index in [9.17, 15) is 19.1 Å². The van der Waals surface area contributed by atoms with Gasteiger partial charge in [-0.05, 0) is 54.9 Å². The fourth-order valence-electron chi connectivity index (χ4n) is 4.42. The van der Waals surface area contributed by atoms with Crippen LogP contribution in [0.5, 0.6) is 5.75 Å². The lowest BCUT2D eigenvalue weighted by Gasteiger charge is -2.48. The maximum Gasteiger partial charge on any atom is 0.409 e. The zero-order chi connectivity index (χ0) is 25.0. The Balaban J connectivity index is 1.48. The summed E-state index contributed by atoms with van der Waals surface area (Å²) >= 11 is 0. The predicted molar refractivity (Wildman–Crippen MR) is 132 cm³/mol. The normalized spacial score (nSPS) is 17.8. The molecule has 1 aliphatic heterocycles. The molecule has 1 atom stereocenters. The highest BCUT2D eigenvalue weighted by Crippen LogP contribution is 2.30. The second-order valence-corrected chi connectivity index (χ2v) is 8.49. The number of rotatable bonds is 7. The van der Waals surface area contributed by atoms with Gasteiger partial charge >= 0.3 is 6.09 Å². The van der Waals surface area contributed by atoms with E-state index in [2.05, 4.69) is 5.32 Å². The molecule has 1 unspecified atom stereocenters. The third-order valence-electron chi connectivity index (χ3n) is 6.44. The van der Waals surface area contributed by atoms with Crippen LogP contribution in [0.4, 0.5) is 14.9 Å². The first-order valence-corrected chi connectivity index (χ1v) is 11.4. The van der Waals surface area contributed by atoms with Crippen molar-refractivity contribution in [3.8, 4) is 16.9 Å². The minimum Gasteiger partial charge on any atom is -0.486 e. The van der Waals surface area contributed by atoms with E-state index in [4.69, 9.17) is 4.74 Å². The topological polar surface area (TPSA) is 82.1 Å². The van der Waals surface area contributed by atoms with E-state index in [1.807, 2.05) is 65.6 Å². The summed E-state index contributed by atoms with van der Waals surface area (Å²) in [6, 6.07) is 22.0. The number of hydrogen-bond acceptors (Lipinski definition) is 5. The van der Waals surface area contributed by atoms with Gasteiger partial charge in [0.15, 0.2) is 23.0 Å². The Labute approximate surface area is 203 Å². The Bertz CT molecular complexity index is 1200. The molecular formula is C27H28FN3O4. The van der Waals surface area contributed by atoms with Crippen LogP contribution < -0.4 is 15.0 Å².